The maximum atomic E-state index is 5.35. The van der Waals surface area contributed by atoms with E-state index in [1.165, 1.54) is 14.2 Å². The molecule has 0 aliphatic carbocycles. The van der Waals surface area contributed by atoms with Gasteiger partial charge in [-0.25, -0.2) is 0 Å². The molecule has 0 aromatic carbocycles. The molecule has 0 bridgehead atoms. The van der Waals surface area contributed by atoms with E-state index in [4.69, 9.17) is 9.47 Å². The minimum Gasteiger partial charge on any atom is -0.382 e. The highest BCUT2D eigenvalue weighted by Crippen LogP contribution is 2.26. The Kier molecular flexibility index (Phi) is 7.23. The summed E-state index contributed by atoms with van der Waals surface area (Å²) in [6, 6.07) is 2.20. The SMILES string of the molecule is COCCOCCNCc1cc(C)c(Br)s1. The molecule has 0 unspecified atom stereocenters. The zero-order chi connectivity index (χ0) is 11.8. The number of hydrogen-bond donors (Lipinski definition) is 1. The number of halogens is 1. The van der Waals surface area contributed by atoms with Crippen molar-refractivity contribution in [3.63, 3.8) is 0 Å². The Balaban J connectivity index is 2.03. The second-order valence-corrected chi connectivity index (χ2v) is 5.91. The van der Waals surface area contributed by atoms with Gasteiger partial charge >= 0.3 is 0 Å². The van der Waals surface area contributed by atoms with Gasteiger partial charge < -0.3 is 14.8 Å². The highest BCUT2D eigenvalue weighted by molar-refractivity contribution is 9.11. The highest BCUT2D eigenvalue weighted by Gasteiger charge is 2.01. The number of aryl methyl sites for hydroxylation is 1. The quantitative estimate of drug-likeness (QED) is 0.749. The van der Waals surface area contributed by atoms with Crippen molar-refractivity contribution in [3.8, 4) is 0 Å². The van der Waals surface area contributed by atoms with Crippen molar-refractivity contribution < 1.29 is 9.47 Å². The van der Waals surface area contributed by atoms with Crippen LogP contribution in [0, 0.1) is 6.92 Å². The summed E-state index contributed by atoms with van der Waals surface area (Å²) >= 11 is 5.30. The van der Waals surface area contributed by atoms with E-state index in [1.54, 1.807) is 18.4 Å². The maximum absolute atomic E-state index is 5.35. The van der Waals surface area contributed by atoms with Crippen LogP contribution in [0.5, 0.6) is 0 Å². The summed E-state index contributed by atoms with van der Waals surface area (Å²) in [6.07, 6.45) is 0. The molecule has 0 atom stereocenters. The number of hydrogen-bond acceptors (Lipinski definition) is 4. The van der Waals surface area contributed by atoms with Crippen LogP contribution in [0.3, 0.4) is 0 Å². The van der Waals surface area contributed by atoms with E-state index in [9.17, 15) is 0 Å². The summed E-state index contributed by atoms with van der Waals surface area (Å²) in [4.78, 5) is 1.35. The van der Waals surface area contributed by atoms with Gasteiger partial charge in [0.1, 0.15) is 0 Å². The summed E-state index contributed by atoms with van der Waals surface area (Å²) in [5, 5.41) is 3.34. The van der Waals surface area contributed by atoms with Gasteiger partial charge in [-0.2, -0.15) is 0 Å². The normalized spacial score (nSPS) is 10.9. The van der Waals surface area contributed by atoms with Crippen LogP contribution in [0.4, 0.5) is 0 Å². The first-order chi connectivity index (χ1) is 7.74. The van der Waals surface area contributed by atoms with Crippen molar-refractivity contribution in [2.75, 3.05) is 33.5 Å². The third-order valence-corrected chi connectivity index (χ3v) is 4.20. The standard InChI is InChI=1S/C11H18BrNO2S/c1-9-7-10(16-11(9)12)8-13-3-4-15-6-5-14-2/h7,13H,3-6,8H2,1-2H3. The molecule has 1 aromatic rings. The van der Waals surface area contributed by atoms with Gasteiger partial charge in [-0.1, -0.05) is 0 Å². The maximum Gasteiger partial charge on any atom is 0.0730 e. The first-order valence-electron chi connectivity index (χ1n) is 5.26. The second kappa shape index (κ2) is 8.20. The van der Waals surface area contributed by atoms with E-state index in [0.29, 0.717) is 13.2 Å². The van der Waals surface area contributed by atoms with E-state index in [2.05, 4.69) is 34.2 Å². The largest absolute Gasteiger partial charge is 0.382 e. The minimum atomic E-state index is 0.664. The number of ether oxygens (including phenoxy) is 2. The third kappa shape index (κ3) is 5.41. The van der Waals surface area contributed by atoms with Gasteiger partial charge in [-0.3, -0.25) is 0 Å². The Morgan fingerprint density at radius 1 is 1.38 bits per heavy atom. The monoisotopic (exact) mass is 307 g/mol. The van der Waals surface area contributed by atoms with E-state index in [1.807, 2.05) is 0 Å². The molecule has 1 heterocycles. The highest BCUT2D eigenvalue weighted by atomic mass is 79.9. The Morgan fingerprint density at radius 3 is 2.81 bits per heavy atom. The lowest BCUT2D eigenvalue weighted by atomic mass is 10.3. The molecule has 1 aromatic heterocycles. The summed E-state index contributed by atoms with van der Waals surface area (Å²) in [5.41, 5.74) is 1.30. The van der Waals surface area contributed by atoms with E-state index in [0.717, 1.165) is 19.7 Å². The molecule has 16 heavy (non-hydrogen) atoms. The van der Waals surface area contributed by atoms with Crippen molar-refractivity contribution in [3.05, 3.63) is 20.3 Å². The fourth-order valence-corrected chi connectivity index (χ4v) is 2.81. The molecule has 0 aliphatic heterocycles. The van der Waals surface area contributed by atoms with Crippen LogP contribution in [0.15, 0.2) is 9.85 Å². The second-order valence-electron chi connectivity index (χ2n) is 3.45. The first-order valence-corrected chi connectivity index (χ1v) is 6.87. The fraction of sp³-hybridized carbons (Fsp3) is 0.636. The van der Waals surface area contributed by atoms with Gasteiger partial charge in [0.2, 0.25) is 0 Å². The van der Waals surface area contributed by atoms with E-state index >= 15 is 0 Å². The van der Waals surface area contributed by atoms with Gasteiger partial charge in [0.05, 0.1) is 23.6 Å². The average molecular weight is 308 g/mol. The van der Waals surface area contributed by atoms with E-state index < -0.39 is 0 Å². The van der Waals surface area contributed by atoms with Crippen LogP contribution in [0.2, 0.25) is 0 Å². The molecular formula is C11H18BrNO2S. The number of methoxy groups -OCH3 is 1. The van der Waals surface area contributed by atoms with Crippen molar-refractivity contribution in [1.82, 2.24) is 5.32 Å². The molecule has 0 saturated heterocycles. The van der Waals surface area contributed by atoms with Gasteiger partial charge in [0, 0.05) is 25.1 Å². The molecule has 92 valence electrons. The van der Waals surface area contributed by atoms with Crippen LogP contribution in [-0.2, 0) is 16.0 Å². The topological polar surface area (TPSA) is 30.5 Å². The summed E-state index contributed by atoms with van der Waals surface area (Å²) < 4.78 is 11.5. The van der Waals surface area contributed by atoms with Crippen molar-refractivity contribution in [1.29, 1.82) is 0 Å². The van der Waals surface area contributed by atoms with Crippen molar-refractivity contribution in [2.45, 2.75) is 13.5 Å². The summed E-state index contributed by atoms with van der Waals surface area (Å²) in [6.45, 7) is 5.95. The molecule has 3 nitrogen and oxygen atoms in total. The van der Waals surface area contributed by atoms with Gasteiger partial charge in [-0.15, -0.1) is 11.3 Å². The van der Waals surface area contributed by atoms with Crippen LogP contribution >= 0.6 is 27.3 Å². The predicted molar refractivity (Wildman–Crippen MR) is 71.2 cm³/mol. The lowest BCUT2D eigenvalue weighted by Crippen LogP contribution is -2.19. The fourth-order valence-electron chi connectivity index (χ4n) is 1.21. The molecule has 0 amide bonds. The summed E-state index contributed by atoms with van der Waals surface area (Å²) in [5.74, 6) is 0. The number of thiophene rings is 1. The lowest BCUT2D eigenvalue weighted by Gasteiger charge is -2.04. The van der Waals surface area contributed by atoms with Crippen molar-refractivity contribution >= 4 is 27.3 Å². The number of nitrogens with one attached hydrogen (secondary N) is 1. The lowest BCUT2D eigenvalue weighted by molar-refractivity contribution is 0.0719. The molecule has 1 rings (SSSR count). The zero-order valence-corrected chi connectivity index (χ0v) is 12.1. The Labute approximate surface area is 109 Å². The summed E-state index contributed by atoms with van der Waals surface area (Å²) in [7, 11) is 1.68. The van der Waals surface area contributed by atoms with Crippen LogP contribution < -0.4 is 5.32 Å². The van der Waals surface area contributed by atoms with Gasteiger partial charge in [-0.05, 0) is 34.5 Å². The molecule has 0 saturated carbocycles. The smallest absolute Gasteiger partial charge is 0.0730 e. The molecular weight excluding hydrogens is 290 g/mol. The van der Waals surface area contributed by atoms with E-state index in [-0.39, 0.29) is 0 Å². The van der Waals surface area contributed by atoms with Crippen LogP contribution in [0.1, 0.15) is 10.4 Å². The van der Waals surface area contributed by atoms with Gasteiger partial charge in [0.25, 0.3) is 0 Å². The van der Waals surface area contributed by atoms with Crippen LogP contribution in [0.25, 0.3) is 0 Å². The Bertz CT molecular complexity index is 285. The Morgan fingerprint density at radius 2 is 2.19 bits per heavy atom. The average Bonchev–Trinajstić information content (AvgIpc) is 2.57. The molecule has 0 spiro atoms. The first kappa shape index (κ1) is 14.1. The van der Waals surface area contributed by atoms with Gasteiger partial charge in [0.15, 0.2) is 0 Å². The van der Waals surface area contributed by atoms with Crippen molar-refractivity contribution in [2.24, 2.45) is 0 Å². The zero-order valence-electron chi connectivity index (χ0n) is 9.72. The predicted octanol–water partition coefficient (Wildman–Crippen LogP) is 2.57. The third-order valence-electron chi connectivity index (χ3n) is 2.06. The molecule has 0 radical (unpaired) electrons. The molecule has 0 fully saturated rings. The minimum absolute atomic E-state index is 0.664. The van der Waals surface area contributed by atoms with Crippen LogP contribution in [-0.4, -0.2) is 33.5 Å². The molecule has 1 N–H and O–H groups in total. The molecule has 0 aliphatic rings. The number of rotatable bonds is 8. The Hall–Kier alpha value is 0.0600. The molecule has 5 heteroatoms.